The second kappa shape index (κ2) is 6.52. The number of benzene rings is 3. The first-order valence-corrected chi connectivity index (χ1v) is 11.0. The SMILES string of the molecule is Pc1cc(-c2ccccc2)n2c3nc4nccnc4nc3c3c4ccccc4ccc3c12. The Morgan fingerprint density at radius 1 is 0.719 bits per heavy atom. The van der Waals surface area contributed by atoms with Crippen LogP contribution < -0.4 is 5.30 Å². The summed E-state index contributed by atoms with van der Waals surface area (Å²) >= 11 is 0. The third-order valence-electron chi connectivity index (χ3n) is 6.03. The zero-order chi connectivity index (χ0) is 21.2. The lowest BCUT2D eigenvalue weighted by Crippen LogP contribution is -2.02. The van der Waals surface area contributed by atoms with Crippen LogP contribution in [0.15, 0.2) is 85.2 Å². The molecule has 4 heterocycles. The lowest BCUT2D eigenvalue weighted by atomic mass is 10.0. The van der Waals surface area contributed by atoms with Gasteiger partial charge in [-0.25, -0.2) is 19.9 Å². The van der Waals surface area contributed by atoms with Crippen molar-refractivity contribution in [3.8, 4) is 11.3 Å². The molecule has 0 aliphatic carbocycles. The van der Waals surface area contributed by atoms with Crippen molar-refractivity contribution in [2.24, 2.45) is 0 Å². The van der Waals surface area contributed by atoms with Crippen LogP contribution in [0, 0.1) is 0 Å². The van der Waals surface area contributed by atoms with Crippen LogP contribution in [-0.4, -0.2) is 24.3 Å². The van der Waals surface area contributed by atoms with Crippen LogP contribution in [0.4, 0.5) is 0 Å². The molecule has 0 N–H and O–H groups in total. The number of hydrogen-bond acceptors (Lipinski definition) is 4. The normalized spacial score (nSPS) is 11.9. The van der Waals surface area contributed by atoms with Crippen molar-refractivity contribution >= 4 is 64.1 Å². The molecule has 6 heteroatoms. The summed E-state index contributed by atoms with van der Waals surface area (Å²) in [6.45, 7) is 0. The Balaban J connectivity index is 1.82. The van der Waals surface area contributed by atoms with E-state index in [0.717, 1.165) is 49.4 Å². The summed E-state index contributed by atoms with van der Waals surface area (Å²) in [5.41, 5.74) is 6.01. The Bertz CT molecular complexity index is 1840. The molecule has 150 valence electrons. The highest BCUT2D eigenvalue weighted by atomic mass is 31.0. The number of aromatic nitrogens is 5. The van der Waals surface area contributed by atoms with Crippen LogP contribution in [0.5, 0.6) is 0 Å². The fourth-order valence-corrected chi connectivity index (χ4v) is 5.13. The van der Waals surface area contributed by atoms with E-state index in [2.05, 4.69) is 90.3 Å². The monoisotopic (exact) mass is 429 g/mol. The predicted octanol–water partition coefficient (Wildman–Crippen LogP) is 5.30. The molecule has 0 saturated heterocycles. The van der Waals surface area contributed by atoms with Gasteiger partial charge in [0.1, 0.15) is 5.52 Å². The maximum absolute atomic E-state index is 4.99. The minimum Gasteiger partial charge on any atom is -0.291 e. The molecule has 1 atom stereocenters. The zero-order valence-corrected chi connectivity index (χ0v) is 18.1. The van der Waals surface area contributed by atoms with Gasteiger partial charge in [0.2, 0.25) is 0 Å². The summed E-state index contributed by atoms with van der Waals surface area (Å²) in [5, 5.41) is 5.67. The van der Waals surface area contributed by atoms with Crippen LogP contribution in [0.1, 0.15) is 0 Å². The van der Waals surface area contributed by atoms with Crippen molar-refractivity contribution in [1.29, 1.82) is 0 Å². The van der Waals surface area contributed by atoms with Crippen molar-refractivity contribution < 1.29 is 0 Å². The second-order valence-electron chi connectivity index (χ2n) is 7.84. The summed E-state index contributed by atoms with van der Waals surface area (Å²) in [5.74, 6) is 0. The highest BCUT2D eigenvalue weighted by Gasteiger charge is 2.20. The molecule has 0 fully saturated rings. The minimum absolute atomic E-state index is 0.541. The van der Waals surface area contributed by atoms with Crippen LogP contribution in [0.2, 0.25) is 0 Å². The first kappa shape index (κ1) is 17.7. The van der Waals surface area contributed by atoms with Gasteiger partial charge < -0.3 is 0 Å². The molecule has 1 unspecified atom stereocenters. The van der Waals surface area contributed by atoms with E-state index in [4.69, 9.17) is 9.97 Å². The molecular weight excluding hydrogens is 413 g/mol. The smallest absolute Gasteiger partial charge is 0.199 e. The number of fused-ring (bicyclic) bond motifs is 9. The third-order valence-corrected chi connectivity index (χ3v) is 6.47. The van der Waals surface area contributed by atoms with Crippen LogP contribution in [-0.2, 0) is 0 Å². The fraction of sp³-hybridized carbons (Fsp3) is 0. The van der Waals surface area contributed by atoms with Crippen molar-refractivity contribution in [3.05, 3.63) is 85.2 Å². The molecule has 0 bridgehead atoms. The molecule has 3 aromatic carbocycles. The second-order valence-corrected chi connectivity index (χ2v) is 8.47. The Hall–Kier alpha value is -3.95. The molecular formula is C26H16N5P. The van der Waals surface area contributed by atoms with Gasteiger partial charge in [-0.1, -0.05) is 66.7 Å². The van der Waals surface area contributed by atoms with Gasteiger partial charge in [0.05, 0.1) is 11.2 Å². The van der Waals surface area contributed by atoms with Gasteiger partial charge >= 0.3 is 0 Å². The van der Waals surface area contributed by atoms with Gasteiger partial charge in [-0.2, -0.15) is 0 Å². The summed E-state index contributed by atoms with van der Waals surface area (Å²) < 4.78 is 2.21. The van der Waals surface area contributed by atoms with Gasteiger partial charge in [-0.3, -0.25) is 4.40 Å². The molecule has 0 saturated carbocycles. The standard InChI is InChI=1S/C26H16N5P/c32-20-14-19(16-7-2-1-3-8-16)31-23(20)18-11-10-15-6-4-5-9-17(15)21(18)22-26(31)30-25-24(29-22)27-12-13-28-25/h1-14H,32H2. The van der Waals surface area contributed by atoms with E-state index >= 15 is 0 Å². The highest BCUT2D eigenvalue weighted by molar-refractivity contribution is 7.28. The molecule has 7 rings (SSSR count). The van der Waals surface area contributed by atoms with Crippen molar-refractivity contribution in [2.75, 3.05) is 0 Å². The summed E-state index contributed by atoms with van der Waals surface area (Å²) in [7, 11) is 2.91. The molecule has 0 spiro atoms. The van der Waals surface area contributed by atoms with Crippen LogP contribution in [0.25, 0.3) is 60.8 Å². The van der Waals surface area contributed by atoms with Crippen LogP contribution >= 0.6 is 9.24 Å². The Kier molecular flexibility index (Phi) is 3.61. The average molecular weight is 429 g/mol. The molecule has 0 aliphatic rings. The number of nitrogens with zero attached hydrogens (tertiary/aromatic N) is 5. The maximum Gasteiger partial charge on any atom is 0.199 e. The average Bonchev–Trinajstić information content (AvgIpc) is 3.20. The van der Waals surface area contributed by atoms with Gasteiger partial charge in [0.25, 0.3) is 0 Å². The van der Waals surface area contributed by atoms with E-state index in [1.54, 1.807) is 12.4 Å². The van der Waals surface area contributed by atoms with E-state index in [9.17, 15) is 0 Å². The number of rotatable bonds is 1. The first-order valence-electron chi connectivity index (χ1n) is 10.4. The highest BCUT2D eigenvalue weighted by Crippen LogP contribution is 2.37. The van der Waals surface area contributed by atoms with Crippen molar-refractivity contribution in [2.45, 2.75) is 0 Å². The first-order chi connectivity index (χ1) is 15.8. The predicted molar refractivity (Wildman–Crippen MR) is 133 cm³/mol. The lowest BCUT2D eigenvalue weighted by Gasteiger charge is -2.13. The molecule has 0 amide bonds. The molecule has 5 nitrogen and oxygen atoms in total. The Morgan fingerprint density at radius 3 is 2.31 bits per heavy atom. The molecule has 0 radical (unpaired) electrons. The summed E-state index contributed by atoms with van der Waals surface area (Å²) in [4.78, 5) is 18.8. The van der Waals surface area contributed by atoms with E-state index in [1.165, 1.54) is 5.39 Å². The van der Waals surface area contributed by atoms with Gasteiger partial charge in [0, 0.05) is 23.2 Å². The van der Waals surface area contributed by atoms with Gasteiger partial charge in [-0.05, 0) is 27.7 Å². The fourth-order valence-electron chi connectivity index (χ4n) is 4.68. The summed E-state index contributed by atoms with van der Waals surface area (Å²) in [6.07, 6.45) is 3.32. The van der Waals surface area contributed by atoms with Gasteiger partial charge in [-0.15, -0.1) is 9.24 Å². The van der Waals surface area contributed by atoms with Crippen LogP contribution in [0.3, 0.4) is 0 Å². The minimum atomic E-state index is 0.541. The topological polar surface area (TPSA) is 56.0 Å². The zero-order valence-electron chi connectivity index (χ0n) is 16.9. The largest absolute Gasteiger partial charge is 0.291 e. The quantitative estimate of drug-likeness (QED) is 0.202. The van der Waals surface area contributed by atoms with E-state index < -0.39 is 0 Å². The van der Waals surface area contributed by atoms with E-state index in [-0.39, 0.29) is 0 Å². The lowest BCUT2D eigenvalue weighted by molar-refractivity contribution is 1.16. The Labute approximate surface area is 185 Å². The molecule has 0 aliphatic heterocycles. The number of pyridine rings is 1. The van der Waals surface area contributed by atoms with Gasteiger partial charge in [0.15, 0.2) is 16.9 Å². The molecule has 32 heavy (non-hydrogen) atoms. The van der Waals surface area contributed by atoms with E-state index in [0.29, 0.717) is 11.3 Å². The summed E-state index contributed by atoms with van der Waals surface area (Å²) in [6, 6.07) is 25.4. The molecule has 7 aromatic rings. The van der Waals surface area contributed by atoms with E-state index in [1.807, 2.05) is 6.07 Å². The number of hydrogen-bond donors (Lipinski definition) is 0. The molecule has 4 aromatic heterocycles. The third kappa shape index (κ3) is 2.37. The Morgan fingerprint density at radius 2 is 1.47 bits per heavy atom. The maximum atomic E-state index is 4.99. The van der Waals surface area contributed by atoms with Crippen molar-refractivity contribution in [1.82, 2.24) is 24.3 Å². The van der Waals surface area contributed by atoms with Crippen molar-refractivity contribution in [3.63, 3.8) is 0 Å².